The molecule has 0 aromatic heterocycles. The molecule has 6 nitrogen and oxygen atoms in total. The van der Waals surface area contributed by atoms with Crippen LogP contribution in [0.15, 0.2) is 78.8 Å². The quantitative estimate of drug-likeness (QED) is 0.446. The van der Waals surface area contributed by atoms with Crippen molar-refractivity contribution in [2.75, 3.05) is 11.9 Å². The van der Waals surface area contributed by atoms with Gasteiger partial charge in [-0.1, -0.05) is 62.4 Å². The lowest BCUT2D eigenvalue weighted by molar-refractivity contribution is -0.136. The Bertz CT molecular complexity index is 1300. The van der Waals surface area contributed by atoms with Gasteiger partial charge >= 0.3 is 0 Å². The lowest BCUT2D eigenvalue weighted by Crippen LogP contribution is -2.43. The molecule has 3 unspecified atom stereocenters. The minimum absolute atomic E-state index is 0.0331. The van der Waals surface area contributed by atoms with Gasteiger partial charge in [0, 0.05) is 12.1 Å². The maximum absolute atomic E-state index is 13.1. The van der Waals surface area contributed by atoms with Gasteiger partial charge in [0.2, 0.25) is 17.4 Å². The highest BCUT2D eigenvalue weighted by Crippen LogP contribution is 2.35. The van der Waals surface area contributed by atoms with Crippen LogP contribution >= 0.6 is 0 Å². The first-order valence-electron chi connectivity index (χ1n) is 12.5. The molecule has 3 aromatic carbocycles. The topological polar surface area (TPSA) is 73.9 Å². The number of carbonyl (C=O) groups is 2. The highest BCUT2D eigenvalue weighted by molar-refractivity contribution is 5.97. The summed E-state index contributed by atoms with van der Waals surface area (Å²) in [6.45, 7) is 4.16. The molecule has 0 saturated heterocycles. The van der Waals surface area contributed by atoms with Crippen molar-refractivity contribution in [3.63, 3.8) is 0 Å². The fraction of sp³-hybridized carbons (Fsp3) is 0.333. The fourth-order valence-electron chi connectivity index (χ4n) is 5.01. The Morgan fingerprint density at radius 1 is 1.03 bits per heavy atom. The number of nitrogens with one attached hydrogen (secondary N) is 1. The average Bonchev–Trinajstić information content (AvgIpc) is 2.89. The van der Waals surface area contributed by atoms with Gasteiger partial charge < -0.3 is 19.5 Å². The van der Waals surface area contributed by atoms with Crippen molar-refractivity contribution >= 4 is 28.2 Å². The highest BCUT2D eigenvalue weighted by atomic mass is 16.5. The summed E-state index contributed by atoms with van der Waals surface area (Å²) >= 11 is 0. The molecule has 0 spiro atoms. The van der Waals surface area contributed by atoms with Crippen LogP contribution in [0.25, 0.3) is 10.8 Å². The van der Waals surface area contributed by atoms with E-state index in [-0.39, 0.29) is 42.2 Å². The second-order valence-electron chi connectivity index (χ2n) is 9.77. The Kier molecular flexibility index (Phi) is 7.05. The van der Waals surface area contributed by atoms with Crippen LogP contribution in [0.1, 0.15) is 44.6 Å². The summed E-state index contributed by atoms with van der Waals surface area (Å²) in [4.78, 5) is 25.6. The average molecular weight is 486 g/mol. The molecule has 1 aliphatic carbocycles. The van der Waals surface area contributed by atoms with Crippen molar-refractivity contribution in [3.8, 4) is 5.75 Å². The van der Waals surface area contributed by atoms with Crippen molar-refractivity contribution in [3.05, 3.63) is 84.3 Å². The van der Waals surface area contributed by atoms with Crippen LogP contribution in [-0.4, -0.2) is 30.5 Å². The zero-order valence-electron chi connectivity index (χ0n) is 20.6. The number of amides is 1. The molecule has 2 aliphatic rings. The zero-order valence-corrected chi connectivity index (χ0v) is 20.6. The minimum Gasteiger partial charge on any atom is -0.493 e. The van der Waals surface area contributed by atoms with Gasteiger partial charge in [-0.05, 0) is 53.3 Å². The second kappa shape index (κ2) is 10.5. The van der Waals surface area contributed by atoms with Crippen molar-refractivity contribution in [2.24, 2.45) is 5.92 Å². The molecular formula is C30H31NO5. The van der Waals surface area contributed by atoms with Crippen molar-refractivity contribution in [2.45, 2.75) is 51.2 Å². The van der Waals surface area contributed by atoms with Gasteiger partial charge in [-0.2, -0.15) is 0 Å². The Hall–Kier alpha value is -3.64. The van der Waals surface area contributed by atoms with Crippen LogP contribution in [0.2, 0.25) is 0 Å². The number of carbonyl (C=O) groups excluding carboxylic acids is 2. The summed E-state index contributed by atoms with van der Waals surface area (Å²) in [5.74, 6) is 0.656. The van der Waals surface area contributed by atoms with E-state index < -0.39 is 0 Å². The number of ketones is 1. The number of Topliss-reactive ketones (excluding diaryl/α,β-unsaturated/α-hetero) is 1. The molecule has 1 amide bonds. The molecule has 1 saturated carbocycles. The van der Waals surface area contributed by atoms with Crippen molar-refractivity contribution < 1.29 is 23.8 Å². The normalized spacial score (nSPS) is 21.5. The van der Waals surface area contributed by atoms with Gasteiger partial charge in [-0.15, -0.1) is 0 Å². The van der Waals surface area contributed by atoms with E-state index in [9.17, 15) is 9.59 Å². The second-order valence-corrected chi connectivity index (χ2v) is 9.77. The van der Waals surface area contributed by atoms with Crippen LogP contribution < -0.4 is 10.1 Å². The van der Waals surface area contributed by atoms with Crippen LogP contribution in [0.5, 0.6) is 5.75 Å². The monoisotopic (exact) mass is 485 g/mol. The number of fused-ring (bicyclic) bond motifs is 2. The predicted octanol–water partition coefficient (Wildman–Crippen LogP) is 5.98. The zero-order chi connectivity index (χ0) is 25.1. The molecule has 0 bridgehead atoms. The number of rotatable bonds is 7. The van der Waals surface area contributed by atoms with E-state index in [1.807, 2.05) is 66.7 Å². The third-order valence-electron chi connectivity index (χ3n) is 6.93. The Morgan fingerprint density at radius 2 is 1.81 bits per heavy atom. The standard InChI is InChI=1S/C30H31NO5/c1-19(2)24-9-5-6-10-26(24)31-29(32)18-34-22-13-14-25-27(16-22)35-17-28(30(25)33)36-23-12-11-20-7-3-4-8-21(20)15-23/h3-12,15,17,19,22,25,27H,13-14,16,18H2,1-2H3,(H,31,32). The van der Waals surface area contributed by atoms with Gasteiger partial charge in [0.1, 0.15) is 24.7 Å². The van der Waals surface area contributed by atoms with Crippen molar-refractivity contribution in [1.29, 1.82) is 0 Å². The largest absolute Gasteiger partial charge is 0.493 e. The third-order valence-corrected chi connectivity index (χ3v) is 6.93. The molecule has 36 heavy (non-hydrogen) atoms. The van der Waals surface area contributed by atoms with Gasteiger partial charge in [-0.3, -0.25) is 9.59 Å². The summed E-state index contributed by atoms with van der Waals surface area (Å²) in [6.07, 6.45) is 2.90. The molecule has 1 fully saturated rings. The predicted molar refractivity (Wildman–Crippen MR) is 139 cm³/mol. The molecule has 0 radical (unpaired) electrons. The van der Waals surface area contributed by atoms with Gasteiger partial charge in [0.25, 0.3) is 0 Å². The number of allylic oxidation sites excluding steroid dienone is 1. The maximum Gasteiger partial charge on any atom is 0.250 e. The summed E-state index contributed by atoms with van der Waals surface area (Å²) in [6, 6.07) is 21.6. The van der Waals surface area contributed by atoms with E-state index in [1.54, 1.807) is 0 Å². The first-order valence-corrected chi connectivity index (χ1v) is 12.5. The van der Waals surface area contributed by atoms with Crippen LogP contribution in [-0.2, 0) is 19.1 Å². The van der Waals surface area contributed by atoms with Crippen LogP contribution in [0, 0.1) is 5.92 Å². The van der Waals surface area contributed by atoms with Crippen LogP contribution in [0.3, 0.4) is 0 Å². The lowest BCUT2D eigenvalue weighted by atomic mass is 9.80. The van der Waals surface area contributed by atoms with E-state index in [1.165, 1.54) is 6.26 Å². The molecular weight excluding hydrogens is 454 g/mol. The summed E-state index contributed by atoms with van der Waals surface area (Å²) in [5, 5.41) is 5.12. The molecule has 1 heterocycles. The van der Waals surface area contributed by atoms with Gasteiger partial charge in [0.15, 0.2) is 0 Å². The first kappa shape index (κ1) is 24.1. The number of hydrogen-bond acceptors (Lipinski definition) is 5. The number of hydrogen-bond donors (Lipinski definition) is 1. The molecule has 3 aromatic rings. The first-order chi connectivity index (χ1) is 17.5. The lowest BCUT2D eigenvalue weighted by Gasteiger charge is -2.37. The maximum atomic E-state index is 13.1. The Morgan fingerprint density at radius 3 is 2.64 bits per heavy atom. The van der Waals surface area contributed by atoms with E-state index >= 15 is 0 Å². The van der Waals surface area contributed by atoms with Gasteiger partial charge in [0.05, 0.1) is 12.0 Å². The molecule has 5 rings (SSSR count). The molecule has 6 heteroatoms. The third kappa shape index (κ3) is 5.29. The molecule has 186 valence electrons. The SMILES string of the molecule is CC(C)c1ccccc1NC(=O)COC1CCC2C(=O)C(Oc3ccc4ccccc4c3)=COC2C1. The van der Waals surface area contributed by atoms with E-state index in [0.29, 0.717) is 30.9 Å². The van der Waals surface area contributed by atoms with E-state index in [2.05, 4.69) is 19.2 Å². The smallest absolute Gasteiger partial charge is 0.250 e. The number of benzene rings is 3. The summed E-state index contributed by atoms with van der Waals surface area (Å²) in [5.41, 5.74) is 1.91. The Labute approximate surface area is 211 Å². The summed E-state index contributed by atoms with van der Waals surface area (Å²) in [7, 11) is 0. The highest BCUT2D eigenvalue weighted by Gasteiger charge is 2.41. The summed E-state index contributed by atoms with van der Waals surface area (Å²) < 4.78 is 17.7. The van der Waals surface area contributed by atoms with E-state index in [0.717, 1.165) is 22.0 Å². The number of anilines is 1. The number of ether oxygens (including phenoxy) is 3. The Balaban J connectivity index is 1.15. The molecule has 3 atom stereocenters. The number of para-hydroxylation sites is 1. The van der Waals surface area contributed by atoms with E-state index in [4.69, 9.17) is 14.2 Å². The van der Waals surface area contributed by atoms with Crippen LogP contribution in [0.4, 0.5) is 5.69 Å². The molecule has 1 aliphatic heterocycles. The van der Waals surface area contributed by atoms with Gasteiger partial charge in [-0.25, -0.2) is 0 Å². The minimum atomic E-state index is -0.273. The fourth-order valence-corrected chi connectivity index (χ4v) is 5.01. The van der Waals surface area contributed by atoms with Crippen molar-refractivity contribution in [1.82, 2.24) is 0 Å². The molecule has 1 N–H and O–H groups in total.